The van der Waals surface area contributed by atoms with Gasteiger partial charge in [0.2, 0.25) is 0 Å². The van der Waals surface area contributed by atoms with Crippen molar-refractivity contribution in [2.45, 2.75) is 10.8 Å². The van der Waals surface area contributed by atoms with Gasteiger partial charge in [0.25, 0.3) is 0 Å². The van der Waals surface area contributed by atoms with Crippen LogP contribution in [0, 0.1) is 0 Å². The minimum Gasteiger partial charge on any atom is -0.310 e. The normalized spacial score (nSPS) is 15.6. The Morgan fingerprint density at radius 2 is 0.506 bits per heavy atom. The minimum atomic E-state index is -0.856. The first-order chi connectivity index (χ1) is 38.2. The molecule has 10 aromatic carbocycles. The monoisotopic (exact) mass is 985 g/mol. The van der Waals surface area contributed by atoms with Gasteiger partial charge in [-0.2, -0.15) is 0 Å². The molecule has 2 aromatic heterocycles. The van der Waals surface area contributed by atoms with Crippen molar-refractivity contribution < 1.29 is 0 Å². The third-order valence-electron chi connectivity index (χ3n) is 15.5. The third-order valence-corrected chi connectivity index (χ3v) is 15.5. The van der Waals surface area contributed by atoms with Crippen molar-refractivity contribution in [3.8, 4) is 11.1 Å². The molecule has 15 rings (SSSR count). The first-order valence-electron chi connectivity index (χ1n) is 26.3. The lowest BCUT2D eigenvalue weighted by molar-refractivity contribution is 0.539. The van der Waals surface area contributed by atoms with Crippen LogP contribution in [0.2, 0.25) is 0 Å². The maximum absolute atomic E-state index is 5.92. The molecule has 0 atom stereocenters. The second kappa shape index (κ2) is 19.0. The molecule has 0 amide bonds. The van der Waals surface area contributed by atoms with E-state index in [1.165, 1.54) is 33.4 Å². The van der Waals surface area contributed by atoms with Crippen molar-refractivity contribution in [3.63, 3.8) is 0 Å². The van der Waals surface area contributed by atoms with Gasteiger partial charge in [-0.3, -0.25) is 9.80 Å². The summed E-state index contributed by atoms with van der Waals surface area (Å²) in [5.74, 6) is 1.66. The van der Waals surface area contributed by atoms with E-state index in [1.54, 1.807) is 0 Å². The Kier molecular flexibility index (Phi) is 11.2. The molecular formula is C72H51N5. The lowest BCUT2D eigenvalue weighted by atomic mass is 9.45. The summed E-state index contributed by atoms with van der Waals surface area (Å²) in [7, 11) is 0. The first kappa shape index (κ1) is 45.5. The fraction of sp³-hybridized carbons (Fsp3) is 0.0278. The molecule has 0 aliphatic heterocycles. The van der Waals surface area contributed by atoms with Gasteiger partial charge in [0, 0.05) is 39.8 Å². The Bertz CT molecular complexity index is 3890. The number of benzene rings is 10. The van der Waals surface area contributed by atoms with E-state index < -0.39 is 10.8 Å². The minimum absolute atomic E-state index is 0.825. The van der Waals surface area contributed by atoms with Crippen molar-refractivity contribution in [1.82, 2.24) is 9.97 Å². The van der Waals surface area contributed by atoms with E-state index in [1.807, 2.05) is 0 Å². The van der Waals surface area contributed by atoms with Crippen LogP contribution in [0.25, 0.3) is 11.1 Å². The van der Waals surface area contributed by atoms with Crippen LogP contribution < -0.4 is 14.7 Å². The van der Waals surface area contributed by atoms with Crippen LogP contribution in [-0.4, -0.2) is 9.97 Å². The second-order valence-corrected chi connectivity index (χ2v) is 19.7. The van der Waals surface area contributed by atoms with E-state index >= 15 is 0 Å². The molecule has 0 N–H and O–H groups in total. The van der Waals surface area contributed by atoms with E-state index in [4.69, 9.17) is 9.97 Å². The smallest absolute Gasteiger partial charge is 0.137 e. The van der Waals surface area contributed by atoms with Crippen molar-refractivity contribution in [3.05, 3.63) is 354 Å². The molecule has 0 spiro atoms. The second-order valence-electron chi connectivity index (χ2n) is 19.7. The Labute approximate surface area is 449 Å². The zero-order valence-corrected chi connectivity index (χ0v) is 42.2. The molecule has 77 heavy (non-hydrogen) atoms. The van der Waals surface area contributed by atoms with E-state index in [9.17, 15) is 0 Å². The first-order valence-corrected chi connectivity index (χ1v) is 26.3. The number of hydrogen-bond acceptors (Lipinski definition) is 5. The van der Waals surface area contributed by atoms with Gasteiger partial charge in [0.15, 0.2) is 0 Å². The molecule has 12 aromatic rings. The standard InChI is InChI=1S/C72H51N5/c1-7-27-54(28-8-1)75(55-29-9-2-10-30-55)60-39-23-26-52(50-60)53-48-49-65-66(51-53)72(68-45-25-47-70(74-68)77(58-35-15-5-16-36-58)59-37-17-6-18-38-59)63-42-21-19-40-61(63)71(65,62-41-20-22-43-64(62)72)67-44-24-46-69(73-67)76(56-31-11-3-12-32-56)57-33-13-4-14-34-57/h1-51H. The summed E-state index contributed by atoms with van der Waals surface area (Å²) in [6.07, 6.45) is 0. The van der Waals surface area contributed by atoms with Crippen LogP contribution in [0.5, 0.6) is 0 Å². The zero-order chi connectivity index (χ0) is 51.2. The largest absolute Gasteiger partial charge is 0.310 e. The molecule has 2 bridgehead atoms. The van der Waals surface area contributed by atoms with Crippen LogP contribution in [0.4, 0.5) is 51.4 Å². The molecule has 5 heteroatoms. The quantitative estimate of drug-likeness (QED) is 0.122. The summed E-state index contributed by atoms with van der Waals surface area (Å²) in [6.45, 7) is 0. The number of nitrogens with zero attached hydrogens (tertiary/aromatic N) is 5. The molecule has 5 nitrogen and oxygen atoms in total. The van der Waals surface area contributed by atoms with Crippen LogP contribution in [-0.2, 0) is 10.8 Å². The van der Waals surface area contributed by atoms with Gasteiger partial charge >= 0.3 is 0 Å². The van der Waals surface area contributed by atoms with Crippen molar-refractivity contribution in [2.75, 3.05) is 14.7 Å². The topological polar surface area (TPSA) is 35.5 Å². The number of rotatable bonds is 12. The summed E-state index contributed by atoms with van der Waals surface area (Å²) in [5, 5.41) is 0. The van der Waals surface area contributed by atoms with E-state index in [-0.39, 0.29) is 0 Å². The van der Waals surface area contributed by atoms with Gasteiger partial charge in [-0.25, -0.2) is 9.97 Å². The summed E-state index contributed by atoms with van der Waals surface area (Å²) >= 11 is 0. The van der Waals surface area contributed by atoms with Gasteiger partial charge in [-0.05, 0) is 160 Å². The zero-order valence-electron chi connectivity index (χ0n) is 42.2. The van der Waals surface area contributed by atoms with Gasteiger partial charge in [0.05, 0.1) is 22.2 Å². The SMILES string of the molecule is c1ccc(N(c2ccccc2)c2cccc(-c3ccc4c(c3)C3(c5cccc(N(c6ccccc6)c6ccccc6)n5)c5ccccc5C4(c4cccc(N(c5ccccc5)c5ccccc5)n4)c4ccccc43)c2)cc1. The molecule has 0 fully saturated rings. The summed E-state index contributed by atoms with van der Waals surface area (Å²) in [4.78, 5) is 18.7. The Balaban J connectivity index is 1.04. The number of para-hydroxylation sites is 6. The molecule has 3 aliphatic carbocycles. The molecule has 3 aliphatic rings. The van der Waals surface area contributed by atoms with Gasteiger partial charge in [-0.15, -0.1) is 0 Å². The van der Waals surface area contributed by atoms with Crippen LogP contribution in [0.3, 0.4) is 0 Å². The molecular weight excluding hydrogens is 935 g/mol. The highest BCUT2D eigenvalue weighted by molar-refractivity contribution is 5.86. The van der Waals surface area contributed by atoms with E-state index in [0.29, 0.717) is 0 Å². The van der Waals surface area contributed by atoms with Crippen LogP contribution in [0.15, 0.2) is 309 Å². The summed E-state index contributed by atoms with van der Waals surface area (Å²) in [5.41, 5.74) is 16.9. The average molecular weight is 986 g/mol. The third kappa shape index (κ3) is 7.38. The molecule has 0 radical (unpaired) electrons. The predicted molar refractivity (Wildman–Crippen MR) is 315 cm³/mol. The number of aromatic nitrogens is 2. The predicted octanol–water partition coefficient (Wildman–Crippen LogP) is 17.9. The number of anilines is 9. The highest BCUT2D eigenvalue weighted by Crippen LogP contribution is 2.66. The molecule has 2 heterocycles. The molecule has 364 valence electrons. The number of pyridine rings is 2. The Morgan fingerprint density at radius 3 is 0.896 bits per heavy atom. The lowest BCUT2D eigenvalue weighted by Crippen LogP contribution is -2.52. The van der Waals surface area contributed by atoms with Crippen molar-refractivity contribution in [2.24, 2.45) is 0 Å². The van der Waals surface area contributed by atoms with Crippen molar-refractivity contribution in [1.29, 1.82) is 0 Å². The van der Waals surface area contributed by atoms with Crippen molar-refractivity contribution >= 4 is 51.4 Å². The maximum atomic E-state index is 5.92. The highest BCUT2D eigenvalue weighted by Gasteiger charge is 2.61. The van der Waals surface area contributed by atoms with Gasteiger partial charge in [-0.1, -0.05) is 194 Å². The van der Waals surface area contributed by atoms with Crippen LogP contribution in [0.1, 0.15) is 44.8 Å². The Hall–Kier alpha value is -10.1. The summed E-state index contributed by atoms with van der Waals surface area (Å²) < 4.78 is 0. The van der Waals surface area contributed by atoms with Gasteiger partial charge in [0.1, 0.15) is 11.6 Å². The highest BCUT2D eigenvalue weighted by atomic mass is 15.2. The van der Waals surface area contributed by atoms with E-state index in [2.05, 4.69) is 324 Å². The molecule has 0 unspecified atom stereocenters. The van der Waals surface area contributed by atoms with Gasteiger partial charge < -0.3 is 4.90 Å². The summed E-state index contributed by atoms with van der Waals surface area (Å²) in [6, 6.07) is 111. The lowest BCUT2D eigenvalue weighted by Gasteiger charge is -2.56. The Morgan fingerprint density at radius 1 is 0.208 bits per heavy atom. The fourth-order valence-electron chi connectivity index (χ4n) is 12.4. The van der Waals surface area contributed by atoms with Crippen LogP contribution >= 0.6 is 0 Å². The molecule has 0 saturated carbocycles. The van der Waals surface area contributed by atoms with E-state index in [0.717, 1.165) is 74.0 Å². The number of hydrogen-bond donors (Lipinski definition) is 0. The molecule has 0 saturated heterocycles. The maximum Gasteiger partial charge on any atom is 0.137 e. The average Bonchev–Trinajstić information content (AvgIpc) is 3.66. The fourth-order valence-corrected chi connectivity index (χ4v) is 12.4.